The molecule has 0 atom stereocenters. The molecule has 0 unspecified atom stereocenters. The largest absolute Gasteiger partial charge is 0.309 e. The number of rotatable bonds is 5. The van der Waals surface area contributed by atoms with Crippen molar-refractivity contribution in [2.45, 2.75) is 0 Å². The fourth-order valence-corrected chi connectivity index (χ4v) is 8.26. The number of nitrogens with zero attached hydrogens (tertiary/aromatic N) is 4. The Morgan fingerprint density at radius 1 is 0.315 bits per heavy atom. The van der Waals surface area contributed by atoms with Gasteiger partial charge in [0.15, 0.2) is 0 Å². The van der Waals surface area contributed by atoms with E-state index in [-0.39, 0.29) is 0 Å². The Balaban J connectivity index is 1.13. The zero-order valence-corrected chi connectivity index (χ0v) is 29.3. The lowest BCUT2D eigenvalue weighted by Crippen LogP contribution is -2.03. The quantitative estimate of drug-likeness (QED) is 0.180. The van der Waals surface area contributed by atoms with Gasteiger partial charge in [-0.2, -0.15) is 0 Å². The molecule has 4 nitrogen and oxygen atoms in total. The maximum atomic E-state index is 5.37. The molecule has 3 heterocycles. The van der Waals surface area contributed by atoms with E-state index in [0.29, 0.717) is 5.95 Å². The van der Waals surface area contributed by atoms with E-state index in [4.69, 9.17) is 9.97 Å². The molecule has 54 heavy (non-hydrogen) atoms. The van der Waals surface area contributed by atoms with Crippen molar-refractivity contribution in [3.05, 3.63) is 194 Å². The van der Waals surface area contributed by atoms with Crippen LogP contribution in [0.4, 0.5) is 0 Å². The molecular weight excluding hydrogens is 657 g/mol. The number of benzene rings is 8. The fourth-order valence-electron chi connectivity index (χ4n) is 8.26. The number of aromatic nitrogens is 4. The van der Waals surface area contributed by atoms with Crippen LogP contribution in [-0.2, 0) is 0 Å². The van der Waals surface area contributed by atoms with Crippen molar-refractivity contribution >= 4 is 54.5 Å². The summed E-state index contributed by atoms with van der Waals surface area (Å²) in [6.45, 7) is 0. The summed E-state index contributed by atoms with van der Waals surface area (Å²) in [4.78, 5) is 10.6. The minimum atomic E-state index is 0.658. The average Bonchev–Trinajstić information content (AvgIpc) is 3.77. The van der Waals surface area contributed by atoms with E-state index in [0.717, 1.165) is 49.9 Å². The Kier molecular flexibility index (Phi) is 6.82. The number of hydrogen-bond donors (Lipinski definition) is 0. The van der Waals surface area contributed by atoms with Crippen molar-refractivity contribution in [1.82, 2.24) is 19.1 Å². The van der Waals surface area contributed by atoms with Gasteiger partial charge in [-0.25, -0.2) is 9.97 Å². The second-order valence-corrected chi connectivity index (χ2v) is 13.8. The van der Waals surface area contributed by atoms with Crippen molar-refractivity contribution in [3.8, 4) is 45.1 Å². The van der Waals surface area contributed by atoms with Gasteiger partial charge in [-0.3, -0.25) is 4.57 Å². The first-order chi connectivity index (χ1) is 26.8. The van der Waals surface area contributed by atoms with E-state index < -0.39 is 0 Å². The third-order valence-electron chi connectivity index (χ3n) is 10.8. The minimum Gasteiger partial charge on any atom is -0.309 e. The molecule has 0 saturated heterocycles. The summed E-state index contributed by atoms with van der Waals surface area (Å²) in [5, 5.41) is 5.75. The van der Waals surface area contributed by atoms with E-state index in [2.05, 4.69) is 197 Å². The molecule has 0 saturated carbocycles. The van der Waals surface area contributed by atoms with Gasteiger partial charge in [0.2, 0.25) is 5.95 Å². The predicted octanol–water partition coefficient (Wildman–Crippen LogP) is 12.8. The topological polar surface area (TPSA) is 35.6 Å². The zero-order chi connectivity index (χ0) is 35.6. The van der Waals surface area contributed by atoms with Crippen LogP contribution in [0.2, 0.25) is 0 Å². The Bertz CT molecular complexity index is 3170. The average molecular weight is 689 g/mol. The first-order valence-corrected chi connectivity index (χ1v) is 18.3. The van der Waals surface area contributed by atoms with Crippen LogP contribution in [0.15, 0.2) is 194 Å². The van der Waals surface area contributed by atoms with Gasteiger partial charge in [0.1, 0.15) is 0 Å². The van der Waals surface area contributed by atoms with Crippen molar-refractivity contribution in [2.75, 3.05) is 0 Å². The minimum absolute atomic E-state index is 0.658. The molecule has 0 fully saturated rings. The lowest BCUT2D eigenvalue weighted by atomic mass is 10.0. The Morgan fingerprint density at radius 3 is 1.52 bits per heavy atom. The van der Waals surface area contributed by atoms with Crippen LogP contribution in [0, 0.1) is 0 Å². The summed E-state index contributed by atoms with van der Waals surface area (Å²) in [6.07, 6.45) is 0. The molecule has 0 aliphatic rings. The normalized spacial score (nSPS) is 11.7. The van der Waals surface area contributed by atoms with E-state index in [9.17, 15) is 0 Å². The van der Waals surface area contributed by atoms with E-state index in [1.807, 2.05) is 6.07 Å². The molecule has 3 aromatic heterocycles. The molecule has 0 radical (unpaired) electrons. The molecule has 0 spiro atoms. The van der Waals surface area contributed by atoms with Crippen LogP contribution in [0.25, 0.3) is 99.7 Å². The van der Waals surface area contributed by atoms with Gasteiger partial charge in [0.25, 0.3) is 0 Å². The highest BCUT2D eigenvalue weighted by Crippen LogP contribution is 2.42. The number of fused-ring (bicyclic) bond motifs is 8. The van der Waals surface area contributed by atoms with Gasteiger partial charge in [0.05, 0.1) is 33.3 Å². The summed E-state index contributed by atoms with van der Waals surface area (Å²) in [6, 6.07) is 69.0. The maximum Gasteiger partial charge on any atom is 0.235 e. The molecule has 4 heteroatoms. The van der Waals surface area contributed by atoms with Gasteiger partial charge < -0.3 is 4.57 Å². The second-order valence-electron chi connectivity index (χ2n) is 13.8. The molecule has 8 aromatic carbocycles. The van der Waals surface area contributed by atoms with Gasteiger partial charge in [-0.15, -0.1) is 0 Å². The summed E-state index contributed by atoms with van der Waals surface area (Å²) in [5.74, 6) is 0.658. The standard InChI is InChI=1S/C50H32N4/c1-3-13-33(14-4-1)34-23-25-35(26-24-34)36-27-29-38(30-28-36)53-45-22-12-9-19-42(45)47-46(53)32-31-40-39-17-8-11-21-44(39)54(49(40)47)50-51-43-20-10-7-18-41(43)48(52-50)37-15-5-2-6-16-37/h1-32H. The van der Waals surface area contributed by atoms with E-state index in [1.165, 1.54) is 43.8 Å². The fraction of sp³-hybridized carbons (Fsp3) is 0. The first kappa shape index (κ1) is 30.3. The Hall–Kier alpha value is -7.30. The maximum absolute atomic E-state index is 5.37. The summed E-state index contributed by atoms with van der Waals surface area (Å²) in [5.41, 5.74) is 13.3. The predicted molar refractivity (Wildman–Crippen MR) is 225 cm³/mol. The molecule has 0 aliphatic heterocycles. The van der Waals surface area contributed by atoms with Gasteiger partial charge in [-0.1, -0.05) is 158 Å². The smallest absolute Gasteiger partial charge is 0.235 e. The van der Waals surface area contributed by atoms with Crippen molar-refractivity contribution in [2.24, 2.45) is 0 Å². The van der Waals surface area contributed by atoms with Gasteiger partial charge in [0, 0.05) is 38.2 Å². The molecule has 0 amide bonds. The third-order valence-corrected chi connectivity index (χ3v) is 10.8. The Morgan fingerprint density at radius 2 is 0.833 bits per heavy atom. The van der Waals surface area contributed by atoms with Crippen LogP contribution >= 0.6 is 0 Å². The molecule has 252 valence electrons. The lowest BCUT2D eigenvalue weighted by molar-refractivity contribution is 1.02. The van der Waals surface area contributed by atoms with E-state index in [1.54, 1.807) is 0 Å². The zero-order valence-electron chi connectivity index (χ0n) is 29.3. The van der Waals surface area contributed by atoms with Crippen LogP contribution in [0.3, 0.4) is 0 Å². The highest BCUT2D eigenvalue weighted by Gasteiger charge is 2.22. The molecule has 11 aromatic rings. The third kappa shape index (κ3) is 4.70. The van der Waals surface area contributed by atoms with E-state index >= 15 is 0 Å². The number of para-hydroxylation sites is 3. The molecule has 0 N–H and O–H groups in total. The van der Waals surface area contributed by atoms with Crippen LogP contribution in [0.1, 0.15) is 0 Å². The summed E-state index contributed by atoms with van der Waals surface area (Å²) >= 11 is 0. The number of hydrogen-bond acceptors (Lipinski definition) is 2. The van der Waals surface area contributed by atoms with Crippen LogP contribution in [-0.4, -0.2) is 19.1 Å². The van der Waals surface area contributed by atoms with Crippen molar-refractivity contribution in [1.29, 1.82) is 0 Å². The van der Waals surface area contributed by atoms with Gasteiger partial charge in [-0.05, 0) is 58.7 Å². The summed E-state index contributed by atoms with van der Waals surface area (Å²) in [7, 11) is 0. The molecule has 11 rings (SSSR count). The second kappa shape index (κ2) is 12.1. The van der Waals surface area contributed by atoms with Gasteiger partial charge >= 0.3 is 0 Å². The Labute approximate surface area is 311 Å². The van der Waals surface area contributed by atoms with Crippen molar-refractivity contribution in [3.63, 3.8) is 0 Å². The lowest BCUT2D eigenvalue weighted by Gasteiger charge is -2.12. The molecule has 0 aliphatic carbocycles. The molecule has 0 bridgehead atoms. The monoisotopic (exact) mass is 688 g/mol. The SMILES string of the molecule is c1ccc(-c2ccc(-c3ccc(-n4c5ccccc5c5c4ccc4c6ccccc6n(-c6nc(-c7ccccc7)c7ccccc7n6)c45)cc3)cc2)cc1. The summed E-state index contributed by atoms with van der Waals surface area (Å²) < 4.78 is 4.68. The van der Waals surface area contributed by atoms with Crippen molar-refractivity contribution < 1.29 is 0 Å². The molecular formula is C50H32N4. The van der Waals surface area contributed by atoms with Crippen LogP contribution < -0.4 is 0 Å². The highest BCUT2D eigenvalue weighted by atomic mass is 15.2. The first-order valence-electron chi connectivity index (χ1n) is 18.3. The highest BCUT2D eigenvalue weighted by molar-refractivity contribution is 6.26. The van der Waals surface area contributed by atoms with Crippen LogP contribution in [0.5, 0.6) is 0 Å².